The number of rotatable bonds is 4. The monoisotopic (exact) mass is 510 g/mol. The summed E-state index contributed by atoms with van der Waals surface area (Å²) in [6.45, 7) is 0. The maximum Gasteiger partial charge on any atom is 0.0619 e. The third-order valence-electron chi connectivity index (χ3n) is 7.93. The molecule has 0 saturated carbocycles. The van der Waals surface area contributed by atoms with Gasteiger partial charge in [0.2, 0.25) is 0 Å². The Balaban J connectivity index is 1.32. The van der Waals surface area contributed by atoms with E-state index in [1.54, 1.807) is 0 Å². The smallest absolute Gasteiger partial charge is 0.0619 e. The Labute approximate surface area is 233 Å². The lowest BCUT2D eigenvalue weighted by Crippen LogP contribution is -2.10. The van der Waals surface area contributed by atoms with E-state index in [1.807, 2.05) is 0 Å². The molecule has 2 heteroatoms. The van der Waals surface area contributed by atoms with Crippen molar-refractivity contribution in [2.45, 2.75) is 0 Å². The molecule has 0 aliphatic heterocycles. The summed E-state index contributed by atoms with van der Waals surface area (Å²) in [5.41, 5.74) is 7.01. The van der Waals surface area contributed by atoms with Crippen LogP contribution in [0.4, 0.5) is 17.1 Å². The largest absolute Gasteiger partial charge is 0.310 e. The van der Waals surface area contributed by atoms with Gasteiger partial charge in [0, 0.05) is 38.9 Å². The first-order valence-corrected chi connectivity index (χ1v) is 13.7. The summed E-state index contributed by atoms with van der Waals surface area (Å²) in [6.07, 6.45) is 0. The van der Waals surface area contributed by atoms with Gasteiger partial charge in [0.15, 0.2) is 0 Å². The van der Waals surface area contributed by atoms with Crippen molar-refractivity contribution in [1.29, 1.82) is 0 Å². The summed E-state index contributed by atoms with van der Waals surface area (Å²) in [5.74, 6) is 0. The Hall–Kier alpha value is -5.34. The molecule has 0 unspecified atom stereocenters. The zero-order valence-corrected chi connectivity index (χ0v) is 21.9. The fraction of sp³-hybridized carbons (Fsp3) is 0. The Bertz CT molecular complexity index is 2160. The van der Waals surface area contributed by atoms with Crippen molar-refractivity contribution in [3.63, 3.8) is 0 Å². The van der Waals surface area contributed by atoms with Gasteiger partial charge < -0.3 is 9.47 Å². The molecule has 1 heterocycles. The zero-order chi connectivity index (χ0) is 26.5. The first kappa shape index (κ1) is 22.6. The van der Waals surface area contributed by atoms with Crippen LogP contribution in [0.1, 0.15) is 0 Å². The average molecular weight is 511 g/mol. The van der Waals surface area contributed by atoms with Crippen LogP contribution in [0.5, 0.6) is 0 Å². The highest BCUT2D eigenvalue weighted by atomic mass is 15.1. The van der Waals surface area contributed by atoms with Crippen LogP contribution in [-0.2, 0) is 0 Å². The van der Waals surface area contributed by atoms with Gasteiger partial charge >= 0.3 is 0 Å². The van der Waals surface area contributed by atoms with Crippen LogP contribution in [0, 0.1) is 0 Å². The third-order valence-corrected chi connectivity index (χ3v) is 7.93. The Morgan fingerprint density at radius 1 is 0.375 bits per heavy atom. The minimum absolute atomic E-state index is 1.12. The van der Waals surface area contributed by atoms with Crippen LogP contribution < -0.4 is 4.90 Å². The van der Waals surface area contributed by atoms with Gasteiger partial charge in [0.05, 0.1) is 11.0 Å². The van der Waals surface area contributed by atoms with Gasteiger partial charge in [-0.25, -0.2) is 0 Å². The quantitative estimate of drug-likeness (QED) is 0.229. The van der Waals surface area contributed by atoms with Crippen LogP contribution in [0.3, 0.4) is 0 Å². The van der Waals surface area contributed by atoms with Gasteiger partial charge in [-0.15, -0.1) is 0 Å². The molecule has 40 heavy (non-hydrogen) atoms. The Morgan fingerprint density at radius 3 is 1.80 bits per heavy atom. The topological polar surface area (TPSA) is 8.17 Å². The second-order valence-electron chi connectivity index (χ2n) is 10.3. The van der Waals surface area contributed by atoms with E-state index in [2.05, 4.69) is 167 Å². The highest BCUT2D eigenvalue weighted by Crippen LogP contribution is 2.39. The van der Waals surface area contributed by atoms with E-state index in [0.29, 0.717) is 0 Å². The molecule has 2 nitrogen and oxygen atoms in total. The third kappa shape index (κ3) is 3.58. The lowest BCUT2D eigenvalue weighted by atomic mass is 10.1. The van der Waals surface area contributed by atoms with Gasteiger partial charge in [-0.1, -0.05) is 103 Å². The number of benzene rings is 7. The lowest BCUT2D eigenvalue weighted by molar-refractivity contribution is 1.18. The molecule has 0 bridgehead atoms. The SMILES string of the molecule is c1ccc(N(c2ccc(-n3c4ccccc4c4ccc5ccccc5c43)cc2)c2ccc3ccccc3c2)cc1. The number of aromatic nitrogens is 1. The molecule has 0 fully saturated rings. The summed E-state index contributed by atoms with van der Waals surface area (Å²) < 4.78 is 2.42. The van der Waals surface area contributed by atoms with Crippen molar-refractivity contribution in [1.82, 2.24) is 4.57 Å². The standard InChI is InChI=1S/C38H26N2/c1-2-13-30(14-3-1)39(33-20-18-27-10-4-5-12-29(27)26-33)31-21-23-32(24-22-31)40-37-17-9-8-16-35(37)36-25-19-28-11-6-7-15-34(28)38(36)40/h1-26H. The minimum atomic E-state index is 1.12. The van der Waals surface area contributed by atoms with E-state index in [-0.39, 0.29) is 0 Å². The molecule has 0 spiro atoms. The van der Waals surface area contributed by atoms with Crippen molar-refractivity contribution in [3.8, 4) is 5.69 Å². The summed E-state index contributed by atoms with van der Waals surface area (Å²) in [5, 5.41) is 7.54. The Kier molecular flexibility index (Phi) is 5.17. The summed E-state index contributed by atoms with van der Waals surface area (Å²) in [7, 11) is 0. The fourth-order valence-corrected chi connectivity index (χ4v) is 6.09. The molecule has 1 aromatic heterocycles. The van der Waals surface area contributed by atoms with Gasteiger partial charge in [0.25, 0.3) is 0 Å². The maximum atomic E-state index is 2.42. The minimum Gasteiger partial charge on any atom is -0.310 e. The highest BCUT2D eigenvalue weighted by Gasteiger charge is 2.16. The molecule has 8 rings (SSSR count). The number of fused-ring (bicyclic) bond motifs is 6. The average Bonchev–Trinajstić information content (AvgIpc) is 3.37. The summed E-state index contributed by atoms with van der Waals surface area (Å²) >= 11 is 0. The van der Waals surface area contributed by atoms with Gasteiger partial charge in [-0.2, -0.15) is 0 Å². The van der Waals surface area contributed by atoms with Crippen LogP contribution in [0.25, 0.3) is 49.0 Å². The molecule has 0 N–H and O–H groups in total. The van der Waals surface area contributed by atoms with Crippen molar-refractivity contribution < 1.29 is 0 Å². The van der Waals surface area contributed by atoms with Crippen molar-refractivity contribution in [2.75, 3.05) is 4.90 Å². The second-order valence-corrected chi connectivity index (χ2v) is 10.3. The maximum absolute atomic E-state index is 2.42. The summed E-state index contributed by atoms with van der Waals surface area (Å²) in [4.78, 5) is 2.33. The van der Waals surface area contributed by atoms with E-state index < -0.39 is 0 Å². The van der Waals surface area contributed by atoms with E-state index in [0.717, 1.165) is 22.7 Å². The molecular formula is C38H26N2. The molecule has 0 saturated heterocycles. The molecular weight excluding hydrogens is 484 g/mol. The highest BCUT2D eigenvalue weighted by molar-refractivity contribution is 6.18. The van der Waals surface area contributed by atoms with E-state index >= 15 is 0 Å². The molecule has 0 aliphatic carbocycles. The second kappa shape index (κ2) is 9.14. The molecule has 188 valence electrons. The van der Waals surface area contributed by atoms with Crippen molar-refractivity contribution >= 4 is 60.4 Å². The molecule has 7 aromatic carbocycles. The van der Waals surface area contributed by atoms with E-state index in [4.69, 9.17) is 0 Å². The number of anilines is 3. The Morgan fingerprint density at radius 2 is 0.975 bits per heavy atom. The number of hydrogen-bond donors (Lipinski definition) is 0. The normalized spacial score (nSPS) is 11.5. The first-order valence-electron chi connectivity index (χ1n) is 13.7. The van der Waals surface area contributed by atoms with Crippen molar-refractivity contribution in [2.24, 2.45) is 0 Å². The van der Waals surface area contributed by atoms with Gasteiger partial charge in [0.1, 0.15) is 0 Å². The molecule has 0 radical (unpaired) electrons. The molecule has 0 amide bonds. The van der Waals surface area contributed by atoms with Crippen LogP contribution in [0.2, 0.25) is 0 Å². The predicted molar refractivity (Wildman–Crippen MR) is 170 cm³/mol. The first-order chi connectivity index (χ1) is 19.8. The van der Waals surface area contributed by atoms with Crippen LogP contribution in [0.15, 0.2) is 158 Å². The van der Waals surface area contributed by atoms with Crippen molar-refractivity contribution in [3.05, 3.63) is 158 Å². The van der Waals surface area contributed by atoms with E-state index in [1.165, 1.54) is 43.4 Å². The van der Waals surface area contributed by atoms with Gasteiger partial charge in [-0.05, 0) is 70.8 Å². The fourth-order valence-electron chi connectivity index (χ4n) is 6.09. The molecule has 0 atom stereocenters. The number of para-hydroxylation sites is 2. The van der Waals surface area contributed by atoms with Crippen LogP contribution >= 0.6 is 0 Å². The lowest BCUT2D eigenvalue weighted by Gasteiger charge is -2.26. The molecule has 0 aliphatic rings. The zero-order valence-electron chi connectivity index (χ0n) is 21.9. The molecule has 8 aromatic rings. The van der Waals surface area contributed by atoms with Crippen LogP contribution in [-0.4, -0.2) is 4.57 Å². The summed E-state index contributed by atoms with van der Waals surface area (Å²) in [6, 6.07) is 56.7. The number of hydrogen-bond acceptors (Lipinski definition) is 1. The number of nitrogens with zero attached hydrogens (tertiary/aromatic N) is 2. The van der Waals surface area contributed by atoms with E-state index in [9.17, 15) is 0 Å². The predicted octanol–water partition coefficient (Wildman–Crippen LogP) is 10.6. The van der Waals surface area contributed by atoms with Gasteiger partial charge in [-0.3, -0.25) is 0 Å².